The number of carbonyl (C=O) groups excluding carboxylic acids is 1. The number of carbonyl (C=O) groups is 1. The molecule has 0 unspecified atom stereocenters. The summed E-state index contributed by atoms with van der Waals surface area (Å²) in [5.41, 5.74) is 2.33. The fourth-order valence-electron chi connectivity index (χ4n) is 4.92. The van der Waals surface area contributed by atoms with Gasteiger partial charge >= 0.3 is 0 Å². The Balaban J connectivity index is 1.67. The summed E-state index contributed by atoms with van der Waals surface area (Å²) in [6.07, 6.45) is 2.55. The largest absolute Gasteiger partial charge is 0.379 e. The second kappa shape index (κ2) is 10.4. The van der Waals surface area contributed by atoms with Crippen molar-refractivity contribution in [1.29, 1.82) is 0 Å². The van der Waals surface area contributed by atoms with Crippen molar-refractivity contribution in [3.05, 3.63) is 51.4 Å². The van der Waals surface area contributed by atoms with Gasteiger partial charge in [0.25, 0.3) is 5.56 Å². The summed E-state index contributed by atoms with van der Waals surface area (Å²) >= 11 is 6.43. The molecular formula is C26H38ClN5O2. The van der Waals surface area contributed by atoms with E-state index in [1.165, 1.54) is 0 Å². The van der Waals surface area contributed by atoms with Crippen LogP contribution in [0.2, 0.25) is 5.02 Å². The summed E-state index contributed by atoms with van der Waals surface area (Å²) in [4.78, 5) is 27.4. The lowest BCUT2D eigenvalue weighted by molar-refractivity contribution is -0.122. The molecule has 1 aromatic heterocycles. The number of benzene rings is 1. The first-order valence-electron chi connectivity index (χ1n) is 12.0. The minimum Gasteiger partial charge on any atom is -0.379 e. The molecule has 2 aromatic rings. The third-order valence-corrected chi connectivity index (χ3v) is 8.41. The number of para-hydroxylation sites is 1. The molecule has 0 spiro atoms. The lowest BCUT2D eigenvalue weighted by Crippen LogP contribution is -2.48. The van der Waals surface area contributed by atoms with Crippen LogP contribution in [0.5, 0.6) is 0 Å². The van der Waals surface area contributed by atoms with Crippen LogP contribution in [0.4, 0.5) is 11.4 Å². The van der Waals surface area contributed by atoms with Gasteiger partial charge in [-0.3, -0.25) is 9.59 Å². The molecule has 186 valence electrons. The molecule has 1 amide bonds. The van der Waals surface area contributed by atoms with Gasteiger partial charge in [0, 0.05) is 32.4 Å². The average Bonchev–Trinajstić information content (AvgIpc) is 2.80. The Kier molecular flexibility index (Phi) is 7.96. The maximum absolute atomic E-state index is 12.8. The number of hydrogen-bond donors (Lipinski definition) is 2. The number of hydrogen-bond acceptors (Lipinski definition) is 5. The molecule has 1 heterocycles. The number of anilines is 2. The first-order chi connectivity index (χ1) is 15.9. The van der Waals surface area contributed by atoms with E-state index < -0.39 is 5.56 Å². The van der Waals surface area contributed by atoms with Crippen molar-refractivity contribution in [3.63, 3.8) is 0 Å². The van der Waals surface area contributed by atoms with E-state index in [2.05, 4.69) is 50.4 Å². The Labute approximate surface area is 207 Å². The number of nitrogens with zero attached hydrogens (tertiary/aromatic N) is 3. The van der Waals surface area contributed by atoms with Gasteiger partial charge in [0.2, 0.25) is 5.91 Å². The second-order valence-electron chi connectivity index (χ2n) is 10.5. The molecule has 3 rings (SSSR count). The molecule has 0 radical (unpaired) electrons. The standard InChI is InChI=1S/C26H38ClN5O2/c1-16-12-20(17(2)18(3)26(16,4)5)30-21-14-29-32(25(34)24(21)27)15-23(33)28-13-19-10-8-9-11-22(19)31(6)7/h8-11,14,16-18,20,30H,12-13,15H2,1-7H3,(H,28,33)/t16-,17+,18+,20+/m0/s1. The highest BCUT2D eigenvalue weighted by atomic mass is 35.5. The summed E-state index contributed by atoms with van der Waals surface area (Å²) in [5, 5.41) is 10.6. The Bertz CT molecular complexity index is 1080. The van der Waals surface area contributed by atoms with Gasteiger partial charge < -0.3 is 15.5 Å². The monoisotopic (exact) mass is 487 g/mol. The van der Waals surface area contributed by atoms with E-state index in [-0.39, 0.29) is 28.9 Å². The molecule has 0 aliphatic heterocycles. The minimum atomic E-state index is -0.472. The Hall–Kier alpha value is -2.54. The topological polar surface area (TPSA) is 79.3 Å². The molecule has 1 aromatic carbocycles. The van der Waals surface area contributed by atoms with Crippen LogP contribution >= 0.6 is 11.6 Å². The first-order valence-corrected chi connectivity index (χ1v) is 12.3. The lowest BCUT2D eigenvalue weighted by Gasteiger charge is -2.50. The van der Waals surface area contributed by atoms with Crippen LogP contribution in [-0.4, -0.2) is 35.8 Å². The van der Waals surface area contributed by atoms with E-state index in [0.717, 1.165) is 22.4 Å². The normalized spacial score (nSPS) is 23.9. The highest BCUT2D eigenvalue weighted by Crippen LogP contribution is 2.48. The van der Waals surface area contributed by atoms with Gasteiger partial charge in [-0.25, -0.2) is 4.68 Å². The zero-order valence-electron chi connectivity index (χ0n) is 21.4. The average molecular weight is 488 g/mol. The van der Waals surface area contributed by atoms with Crippen LogP contribution in [0.25, 0.3) is 0 Å². The maximum Gasteiger partial charge on any atom is 0.288 e. The quantitative estimate of drug-likeness (QED) is 0.605. The van der Waals surface area contributed by atoms with Crippen molar-refractivity contribution >= 4 is 28.9 Å². The third kappa shape index (κ3) is 5.40. The van der Waals surface area contributed by atoms with Gasteiger partial charge in [0.15, 0.2) is 0 Å². The van der Waals surface area contributed by atoms with Crippen LogP contribution in [0.1, 0.15) is 46.6 Å². The van der Waals surface area contributed by atoms with E-state index in [1.807, 2.05) is 43.3 Å². The Morgan fingerprint density at radius 1 is 1.24 bits per heavy atom. The predicted octanol–water partition coefficient (Wildman–Crippen LogP) is 4.40. The van der Waals surface area contributed by atoms with Gasteiger partial charge in [-0.15, -0.1) is 0 Å². The Morgan fingerprint density at radius 3 is 2.59 bits per heavy atom. The van der Waals surface area contributed by atoms with Crippen molar-refractivity contribution in [1.82, 2.24) is 15.1 Å². The van der Waals surface area contributed by atoms with Crippen molar-refractivity contribution in [2.24, 2.45) is 23.2 Å². The van der Waals surface area contributed by atoms with Gasteiger partial charge in [0.05, 0.1) is 11.9 Å². The molecule has 0 bridgehead atoms. The molecule has 1 aliphatic rings. The van der Waals surface area contributed by atoms with Crippen molar-refractivity contribution in [3.8, 4) is 0 Å². The highest BCUT2D eigenvalue weighted by Gasteiger charge is 2.43. The molecule has 8 heteroatoms. The highest BCUT2D eigenvalue weighted by molar-refractivity contribution is 6.32. The molecule has 2 N–H and O–H groups in total. The summed E-state index contributed by atoms with van der Waals surface area (Å²) in [5.74, 6) is 1.16. The number of aromatic nitrogens is 2. The molecular weight excluding hydrogens is 450 g/mol. The number of halogens is 1. The number of amides is 1. The van der Waals surface area contributed by atoms with Crippen molar-refractivity contribution < 1.29 is 4.79 Å². The zero-order valence-corrected chi connectivity index (χ0v) is 22.1. The number of rotatable bonds is 7. The summed E-state index contributed by atoms with van der Waals surface area (Å²) in [7, 11) is 3.91. The van der Waals surface area contributed by atoms with Crippen LogP contribution in [-0.2, 0) is 17.9 Å². The lowest BCUT2D eigenvalue weighted by atomic mass is 9.58. The second-order valence-corrected chi connectivity index (χ2v) is 10.9. The molecule has 1 saturated carbocycles. The SMILES string of the molecule is C[C@@H]1[C@@H](C)C(C)(C)[C@@H](C)C[C@H]1Nc1cnn(CC(=O)NCc2ccccc2N(C)C)c(=O)c1Cl. The molecule has 1 fully saturated rings. The molecule has 4 atom stereocenters. The molecule has 0 saturated heterocycles. The van der Waals surface area contributed by atoms with Crippen LogP contribution in [0, 0.1) is 23.2 Å². The summed E-state index contributed by atoms with van der Waals surface area (Å²) in [6.45, 7) is 11.7. The maximum atomic E-state index is 12.8. The van der Waals surface area contributed by atoms with Gasteiger partial charge in [-0.05, 0) is 41.2 Å². The van der Waals surface area contributed by atoms with Crippen LogP contribution < -0.4 is 21.1 Å². The van der Waals surface area contributed by atoms with E-state index in [0.29, 0.717) is 30.0 Å². The third-order valence-electron chi connectivity index (χ3n) is 8.04. The van der Waals surface area contributed by atoms with Crippen LogP contribution in [0.15, 0.2) is 35.3 Å². The predicted molar refractivity (Wildman–Crippen MR) is 139 cm³/mol. The smallest absolute Gasteiger partial charge is 0.288 e. The molecule has 7 nitrogen and oxygen atoms in total. The van der Waals surface area contributed by atoms with E-state index in [1.54, 1.807) is 6.20 Å². The van der Waals surface area contributed by atoms with Crippen LogP contribution in [0.3, 0.4) is 0 Å². The fourth-order valence-corrected chi connectivity index (χ4v) is 5.13. The van der Waals surface area contributed by atoms with Crippen molar-refractivity contribution in [2.45, 2.75) is 60.2 Å². The van der Waals surface area contributed by atoms with E-state index >= 15 is 0 Å². The number of nitrogens with one attached hydrogen (secondary N) is 2. The zero-order chi connectivity index (χ0) is 25.2. The van der Waals surface area contributed by atoms with Gasteiger partial charge in [-0.2, -0.15) is 5.10 Å². The van der Waals surface area contributed by atoms with Gasteiger partial charge in [-0.1, -0.05) is 64.4 Å². The van der Waals surface area contributed by atoms with Gasteiger partial charge in [0.1, 0.15) is 11.6 Å². The van der Waals surface area contributed by atoms with E-state index in [9.17, 15) is 9.59 Å². The molecule has 34 heavy (non-hydrogen) atoms. The minimum absolute atomic E-state index is 0.0677. The Morgan fingerprint density at radius 2 is 1.91 bits per heavy atom. The first kappa shape index (κ1) is 26.1. The summed E-state index contributed by atoms with van der Waals surface area (Å²) < 4.78 is 1.11. The summed E-state index contributed by atoms with van der Waals surface area (Å²) in [6, 6.07) is 8.05. The fraction of sp³-hybridized carbons (Fsp3) is 0.577. The van der Waals surface area contributed by atoms with E-state index in [4.69, 9.17) is 11.6 Å². The van der Waals surface area contributed by atoms with Crippen molar-refractivity contribution in [2.75, 3.05) is 24.3 Å². The molecule has 1 aliphatic carbocycles.